The largest absolute Gasteiger partial charge is 0.450 e. The van der Waals surface area contributed by atoms with Gasteiger partial charge in [0.1, 0.15) is 12.8 Å². The first-order chi connectivity index (χ1) is 12.8. The van der Waals surface area contributed by atoms with Gasteiger partial charge in [0, 0.05) is 22.9 Å². The van der Waals surface area contributed by atoms with Crippen molar-refractivity contribution in [3.63, 3.8) is 0 Å². The maximum atomic E-state index is 6.41. The molecule has 0 fully saturated rings. The fourth-order valence-corrected chi connectivity index (χ4v) is 5.44. The van der Waals surface area contributed by atoms with Gasteiger partial charge in [-0.25, -0.2) is 0 Å². The maximum Gasteiger partial charge on any atom is 0.256 e. The number of pyridine rings is 1. The number of ether oxygens (including phenoxy) is 1. The van der Waals surface area contributed by atoms with Crippen molar-refractivity contribution < 1.29 is 9.30 Å². The van der Waals surface area contributed by atoms with E-state index in [9.17, 15) is 0 Å². The lowest BCUT2D eigenvalue weighted by Gasteiger charge is -2.22. The molecule has 134 valence electrons. The van der Waals surface area contributed by atoms with Crippen LogP contribution in [0.1, 0.15) is 5.56 Å². The zero-order chi connectivity index (χ0) is 18.9. The van der Waals surface area contributed by atoms with Crippen LogP contribution in [0.15, 0.2) is 54.6 Å². The summed E-state index contributed by atoms with van der Waals surface area (Å²) >= 11 is 0. The molecule has 0 spiro atoms. The summed E-state index contributed by atoms with van der Waals surface area (Å²) in [6, 6.07) is 19.9. The molecule has 0 saturated heterocycles. The minimum Gasteiger partial charge on any atom is -0.450 e. The summed E-state index contributed by atoms with van der Waals surface area (Å²) in [5.41, 5.74) is 5.00. The second kappa shape index (κ2) is 5.43. The van der Waals surface area contributed by atoms with Crippen molar-refractivity contribution in [1.29, 1.82) is 0 Å². The third-order valence-electron chi connectivity index (χ3n) is 5.78. The Kier molecular flexibility index (Phi) is 3.32. The first-order valence-electron chi connectivity index (χ1n) is 9.52. The van der Waals surface area contributed by atoms with Gasteiger partial charge in [-0.3, -0.25) is 0 Å². The first-order valence-corrected chi connectivity index (χ1v) is 13.0. The second-order valence-electron chi connectivity index (χ2n) is 8.65. The smallest absolute Gasteiger partial charge is 0.256 e. The Balaban J connectivity index is 1.89. The first kappa shape index (κ1) is 16.5. The number of hydrogen-bond donors (Lipinski definition) is 0. The van der Waals surface area contributed by atoms with Crippen molar-refractivity contribution in [2.45, 2.75) is 26.6 Å². The van der Waals surface area contributed by atoms with E-state index in [-0.39, 0.29) is 0 Å². The predicted octanol–water partition coefficient (Wildman–Crippen LogP) is 5.44. The van der Waals surface area contributed by atoms with Gasteiger partial charge in [0.25, 0.3) is 5.69 Å². The van der Waals surface area contributed by atoms with Gasteiger partial charge < -0.3 is 4.74 Å². The minimum atomic E-state index is -1.36. The summed E-state index contributed by atoms with van der Waals surface area (Å²) in [7, 11) is 0.798. The predicted molar refractivity (Wildman–Crippen MR) is 116 cm³/mol. The fraction of sp³-hybridized carbons (Fsp3) is 0.208. The van der Waals surface area contributed by atoms with Crippen LogP contribution in [-0.2, 0) is 7.05 Å². The summed E-state index contributed by atoms with van der Waals surface area (Å²) in [6.45, 7) is 9.37. The van der Waals surface area contributed by atoms with E-state index in [0.717, 1.165) is 11.5 Å². The Labute approximate surface area is 161 Å². The SMILES string of the molecule is Cc1ccc2cccc3c2c1-c1c(cc2cc([Si](C)(C)C)ccc2[n+]1C)O3. The van der Waals surface area contributed by atoms with Gasteiger partial charge >= 0.3 is 0 Å². The molecule has 5 rings (SSSR count). The minimum absolute atomic E-state index is 0.951. The molecule has 0 aliphatic carbocycles. The van der Waals surface area contributed by atoms with Crippen molar-refractivity contribution in [2.24, 2.45) is 7.05 Å². The van der Waals surface area contributed by atoms with Crippen molar-refractivity contribution in [2.75, 3.05) is 0 Å². The summed E-state index contributed by atoms with van der Waals surface area (Å²) in [4.78, 5) is 0. The van der Waals surface area contributed by atoms with Crippen LogP contribution in [0.5, 0.6) is 11.5 Å². The molecular weight excluding hydrogens is 346 g/mol. The van der Waals surface area contributed by atoms with E-state index < -0.39 is 8.07 Å². The maximum absolute atomic E-state index is 6.41. The highest BCUT2D eigenvalue weighted by Crippen LogP contribution is 2.46. The third-order valence-corrected chi connectivity index (χ3v) is 7.83. The molecule has 0 amide bonds. The number of fused-ring (bicyclic) bond motifs is 3. The Morgan fingerprint density at radius 3 is 2.44 bits per heavy atom. The van der Waals surface area contributed by atoms with Crippen LogP contribution >= 0.6 is 0 Å². The standard InChI is InChI=1S/C24H24NOSi/c1-15-9-10-16-7-6-8-20-23(16)22(15)24-21(26-20)14-17-13-18(27(3,4)5)11-12-19(17)25(24)2/h6-14H,1-5H3/q+1. The van der Waals surface area contributed by atoms with Crippen molar-refractivity contribution in [3.8, 4) is 22.8 Å². The van der Waals surface area contributed by atoms with E-state index in [1.807, 2.05) is 0 Å². The highest BCUT2D eigenvalue weighted by Gasteiger charge is 2.31. The molecule has 1 aliphatic rings. The molecule has 3 heteroatoms. The van der Waals surface area contributed by atoms with Crippen LogP contribution in [0, 0.1) is 6.92 Å². The zero-order valence-corrected chi connectivity index (χ0v) is 17.6. The molecule has 1 aliphatic heterocycles. The van der Waals surface area contributed by atoms with Crippen LogP contribution in [0.3, 0.4) is 0 Å². The van der Waals surface area contributed by atoms with Gasteiger partial charge in [-0.2, -0.15) is 4.57 Å². The molecule has 27 heavy (non-hydrogen) atoms. The number of aromatic nitrogens is 1. The molecule has 0 N–H and O–H groups in total. The Hall–Kier alpha value is -2.65. The van der Waals surface area contributed by atoms with Gasteiger partial charge in [-0.05, 0) is 30.0 Å². The van der Waals surface area contributed by atoms with E-state index in [0.29, 0.717) is 0 Å². The van der Waals surface area contributed by atoms with E-state index in [4.69, 9.17) is 4.74 Å². The summed E-state index contributed by atoms with van der Waals surface area (Å²) < 4.78 is 8.71. The lowest BCUT2D eigenvalue weighted by atomic mass is 9.93. The summed E-state index contributed by atoms with van der Waals surface area (Å²) in [5.74, 6) is 1.91. The molecule has 4 aromatic rings. The fourth-order valence-electron chi connectivity index (χ4n) is 4.26. The average molecular weight is 371 g/mol. The van der Waals surface area contributed by atoms with Crippen LogP contribution in [0.25, 0.3) is 32.9 Å². The Morgan fingerprint density at radius 1 is 0.852 bits per heavy atom. The normalized spacial score (nSPS) is 12.9. The molecule has 2 heterocycles. The lowest BCUT2D eigenvalue weighted by Crippen LogP contribution is -2.39. The molecule has 2 nitrogen and oxygen atoms in total. The van der Waals surface area contributed by atoms with Crippen LogP contribution in [0.4, 0.5) is 0 Å². The highest BCUT2D eigenvalue weighted by atomic mass is 28.3. The zero-order valence-electron chi connectivity index (χ0n) is 16.6. The Morgan fingerprint density at radius 2 is 1.67 bits per heavy atom. The quantitative estimate of drug-likeness (QED) is 0.283. The van der Waals surface area contributed by atoms with Gasteiger partial charge in [-0.1, -0.05) is 55.2 Å². The Bertz CT molecular complexity index is 1250. The number of aryl methyl sites for hydroxylation is 2. The molecule has 1 aromatic heterocycles. The summed E-state index contributed by atoms with van der Waals surface area (Å²) in [6.07, 6.45) is 0. The lowest BCUT2D eigenvalue weighted by molar-refractivity contribution is -0.633. The molecule has 0 unspecified atom stereocenters. The molecule has 0 saturated carbocycles. The van der Waals surface area contributed by atoms with Crippen LogP contribution in [-0.4, -0.2) is 8.07 Å². The van der Waals surface area contributed by atoms with Crippen molar-refractivity contribution in [1.82, 2.24) is 0 Å². The molecule has 0 bridgehead atoms. The monoisotopic (exact) mass is 370 g/mol. The van der Waals surface area contributed by atoms with Crippen molar-refractivity contribution >= 4 is 34.9 Å². The topological polar surface area (TPSA) is 13.1 Å². The number of hydrogen-bond acceptors (Lipinski definition) is 1. The van der Waals surface area contributed by atoms with E-state index in [1.54, 1.807) is 0 Å². The van der Waals surface area contributed by atoms with Crippen molar-refractivity contribution in [3.05, 3.63) is 60.2 Å². The molecule has 0 radical (unpaired) electrons. The summed E-state index contributed by atoms with van der Waals surface area (Å²) in [5, 5.41) is 5.18. The van der Waals surface area contributed by atoms with Crippen LogP contribution < -0.4 is 14.5 Å². The van der Waals surface area contributed by atoms with Crippen LogP contribution in [0.2, 0.25) is 19.6 Å². The van der Waals surface area contributed by atoms with Gasteiger partial charge in [-0.15, -0.1) is 0 Å². The molecule has 0 atom stereocenters. The van der Waals surface area contributed by atoms with Gasteiger partial charge in [0.2, 0.25) is 5.52 Å². The van der Waals surface area contributed by atoms with Gasteiger partial charge in [0.05, 0.1) is 13.6 Å². The molecule has 3 aromatic carbocycles. The van der Waals surface area contributed by atoms with E-state index in [1.165, 1.54) is 43.7 Å². The second-order valence-corrected chi connectivity index (χ2v) is 13.7. The van der Waals surface area contributed by atoms with Gasteiger partial charge in [0.15, 0.2) is 5.75 Å². The highest BCUT2D eigenvalue weighted by molar-refractivity contribution is 6.88. The third kappa shape index (κ3) is 2.35. The molecular formula is C24H24NOSi+. The van der Waals surface area contributed by atoms with E-state index >= 15 is 0 Å². The number of benzene rings is 3. The number of rotatable bonds is 1. The van der Waals surface area contributed by atoms with E-state index in [2.05, 4.69) is 92.8 Å². The average Bonchev–Trinajstić information content (AvgIpc) is 2.63. The number of nitrogens with zero attached hydrogens (tertiary/aromatic N) is 1.